The van der Waals surface area contributed by atoms with E-state index in [0.29, 0.717) is 31.1 Å². The molecule has 15 heteroatoms. The zero-order chi connectivity index (χ0) is 27.2. The highest BCUT2D eigenvalue weighted by Crippen LogP contribution is 2.33. The second-order valence-corrected chi connectivity index (χ2v) is 10.2. The Hall–Kier alpha value is -3.07. The van der Waals surface area contributed by atoms with Gasteiger partial charge in [0, 0.05) is 24.0 Å². The number of unbranched alkanes of at least 4 members (excludes halogenated alkanes) is 2. The third-order valence-corrected chi connectivity index (χ3v) is 7.54. The molecule has 2 fully saturated rings. The number of hydrogen-bond acceptors (Lipinski definition) is 8. The summed E-state index contributed by atoms with van der Waals surface area (Å²) < 4.78 is 0. The Labute approximate surface area is 219 Å². The fourth-order valence-corrected chi connectivity index (χ4v) is 5.60. The zero-order valence-corrected chi connectivity index (χ0v) is 21.5. The average molecular weight is 544 g/mol. The molecule has 2 heterocycles. The molecular formula is C22H37N7O7S. The molecule has 9 N–H and O–H groups in total. The molecular weight excluding hydrogens is 506 g/mol. The van der Waals surface area contributed by atoms with Crippen LogP contribution in [0.15, 0.2) is 0 Å². The summed E-state index contributed by atoms with van der Waals surface area (Å²) in [7, 11) is 0. The number of nitrogens with two attached hydrogens (primary N) is 1. The number of carboxylic acid groups (broad SMARTS) is 1. The number of amides is 6. The van der Waals surface area contributed by atoms with E-state index in [1.165, 1.54) is 0 Å². The van der Waals surface area contributed by atoms with Gasteiger partial charge in [-0.25, -0.2) is 9.59 Å². The Morgan fingerprint density at radius 1 is 0.946 bits per heavy atom. The first-order chi connectivity index (χ1) is 17.7. The van der Waals surface area contributed by atoms with Crippen molar-refractivity contribution in [2.75, 3.05) is 31.9 Å². The molecule has 37 heavy (non-hydrogen) atoms. The summed E-state index contributed by atoms with van der Waals surface area (Å²) in [6, 6.07) is -0.861. The van der Waals surface area contributed by atoms with E-state index in [0.717, 1.165) is 25.0 Å². The largest absolute Gasteiger partial charge is 0.480 e. The highest BCUT2D eigenvalue weighted by atomic mass is 32.2. The van der Waals surface area contributed by atoms with Crippen LogP contribution in [-0.4, -0.2) is 96.0 Å². The lowest BCUT2D eigenvalue weighted by molar-refractivity contribution is -0.142. The quantitative estimate of drug-likeness (QED) is 0.0733. The van der Waals surface area contributed by atoms with Crippen molar-refractivity contribution in [3.63, 3.8) is 0 Å². The molecule has 6 amide bonds. The normalized spacial score (nSPS) is 20.7. The van der Waals surface area contributed by atoms with Crippen molar-refractivity contribution in [2.24, 2.45) is 5.73 Å². The second kappa shape index (κ2) is 15.9. The number of carbonyl (C=O) groups excluding carboxylic acids is 5. The monoisotopic (exact) mass is 543 g/mol. The van der Waals surface area contributed by atoms with Crippen molar-refractivity contribution in [1.29, 1.82) is 0 Å². The van der Waals surface area contributed by atoms with E-state index in [4.69, 9.17) is 5.73 Å². The van der Waals surface area contributed by atoms with Gasteiger partial charge < -0.3 is 42.7 Å². The number of urea groups is 1. The number of carboxylic acids is 1. The lowest BCUT2D eigenvalue weighted by atomic mass is 10.0. The molecule has 208 valence electrons. The van der Waals surface area contributed by atoms with Crippen LogP contribution in [0.2, 0.25) is 0 Å². The van der Waals surface area contributed by atoms with E-state index >= 15 is 0 Å². The van der Waals surface area contributed by atoms with Gasteiger partial charge in [0.15, 0.2) is 0 Å². The van der Waals surface area contributed by atoms with E-state index in [-0.39, 0.29) is 43.5 Å². The van der Waals surface area contributed by atoms with Gasteiger partial charge in [-0.05, 0) is 32.1 Å². The van der Waals surface area contributed by atoms with Crippen LogP contribution in [0, 0.1) is 0 Å². The van der Waals surface area contributed by atoms with Gasteiger partial charge in [-0.2, -0.15) is 11.8 Å². The molecule has 2 aliphatic heterocycles. The van der Waals surface area contributed by atoms with E-state index in [1.54, 1.807) is 0 Å². The number of nitrogens with one attached hydrogen (secondary N) is 6. The highest BCUT2D eigenvalue weighted by Gasteiger charge is 2.42. The average Bonchev–Trinajstić information content (AvgIpc) is 3.41. The summed E-state index contributed by atoms with van der Waals surface area (Å²) in [5.41, 5.74) is 5.10. The summed E-state index contributed by atoms with van der Waals surface area (Å²) in [4.78, 5) is 69.4. The predicted octanol–water partition coefficient (Wildman–Crippen LogP) is -2.24. The van der Waals surface area contributed by atoms with Crippen LogP contribution in [0.1, 0.15) is 44.9 Å². The first-order valence-corrected chi connectivity index (χ1v) is 13.5. The van der Waals surface area contributed by atoms with Gasteiger partial charge in [-0.3, -0.25) is 19.2 Å². The molecule has 1 unspecified atom stereocenters. The molecule has 0 bridgehead atoms. The van der Waals surface area contributed by atoms with E-state index in [1.807, 2.05) is 11.8 Å². The fourth-order valence-electron chi connectivity index (χ4n) is 4.06. The molecule has 0 aromatic heterocycles. The highest BCUT2D eigenvalue weighted by molar-refractivity contribution is 8.00. The first-order valence-electron chi connectivity index (χ1n) is 12.4. The van der Waals surface area contributed by atoms with Gasteiger partial charge >= 0.3 is 12.0 Å². The maximum Gasteiger partial charge on any atom is 0.326 e. The molecule has 0 aromatic rings. The smallest absolute Gasteiger partial charge is 0.326 e. The number of aliphatic carboxylic acids is 1. The summed E-state index contributed by atoms with van der Waals surface area (Å²) in [6.45, 7) is -0.624. The lowest BCUT2D eigenvalue weighted by Gasteiger charge is -2.16. The maximum absolute atomic E-state index is 12.0. The van der Waals surface area contributed by atoms with E-state index in [9.17, 15) is 33.9 Å². The third kappa shape index (κ3) is 11.2. The number of rotatable bonds is 17. The van der Waals surface area contributed by atoms with Gasteiger partial charge in [0.2, 0.25) is 23.6 Å². The molecule has 2 aliphatic rings. The molecule has 4 atom stereocenters. The predicted molar refractivity (Wildman–Crippen MR) is 135 cm³/mol. The third-order valence-electron chi connectivity index (χ3n) is 6.03. The first kappa shape index (κ1) is 30.2. The topological polar surface area (TPSA) is 221 Å². The molecule has 0 spiro atoms. The molecule has 2 saturated heterocycles. The lowest BCUT2D eigenvalue weighted by Crippen LogP contribution is -2.47. The second-order valence-electron chi connectivity index (χ2n) is 8.93. The number of thioether (sulfide) groups is 1. The van der Waals surface area contributed by atoms with Crippen molar-refractivity contribution in [2.45, 2.75) is 68.3 Å². The molecule has 0 aliphatic carbocycles. The van der Waals surface area contributed by atoms with Crippen molar-refractivity contribution in [3.05, 3.63) is 0 Å². The Kier molecular flexibility index (Phi) is 13.0. The van der Waals surface area contributed by atoms with E-state index < -0.39 is 36.3 Å². The Balaban J connectivity index is 1.50. The molecule has 0 aromatic carbocycles. The molecule has 0 radical (unpaired) electrons. The molecule has 0 saturated carbocycles. The minimum atomic E-state index is -1.20. The molecule has 2 rings (SSSR count). The van der Waals surface area contributed by atoms with Gasteiger partial charge in [-0.1, -0.05) is 6.42 Å². The van der Waals surface area contributed by atoms with Gasteiger partial charge in [0.05, 0.1) is 31.7 Å². The van der Waals surface area contributed by atoms with Gasteiger partial charge in [-0.15, -0.1) is 0 Å². The van der Waals surface area contributed by atoms with Crippen LogP contribution in [-0.2, 0) is 24.0 Å². The van der Waals surface area contributed by atoms with Crippen LogP contribution in [0.25, 0.3) is 0 Å². The van der Waals surface area contributed by atoms with Crippen molar-refractivity contribution < 1.29 is 33.9 Å². The van der Waals surface area contributed by atoms with Crippen LogP contribution >= 0.6 is 11.8 Å². The van der Waals surface area contributed by atoms with Gasteiger partial charge in [0.25, 0.3) is 0 Å². The number of carbonyl (C=O) groups is 6. The van der Waals surface area contributed by atoms with Crippen LogP contribution in [0.5, 0.6) is 0 Å². The SMILES string of the molecule is NCC(=O)NCC(=O)NCC(=O)NC(CCCCNC(=O)CCCC[C@@H]1SC[C@@H]2NC(=O)N[C@@H]21)C(=O)O. The fraction of sp³-hybridized carbons (Fsp3) is 0.727. The summed E-state index contributed by atoms with van der Waals surface area (Å²) in [5.74, 6) is -2.14. The van der Waals surface area contributed by atoms with Crippen LogP contribution in [0.4, 0.5) is 4.79 Å². The maximum atomic E-state index is 12.0. The zero-order valence-electron chi connectivity index (χ0n) is 20.7. The van der Waals surface area contributed by atoms with Crippen LogP contribution < -0.4 is 37.6 Å². The Morgan fingerprint density at radius 3 is 2.41 bits per heavy atom. The standard InChI is InChI=1S/C22H37N7O7S/c23-9-17(31)25-10-18(32)26-11-19(33)27-13(21(34)35)5-3-4-8-24-16(30)7-2-1-6-15-20-14(12-37-15)28-22(36)29-20/h13-15,20H,1-12,23H2,(H,24,30)(H,25,31)(H,26,32)(H,27,33)(H,34,35)(H2,28,29,36)/t13?,14-,15-,20-/m0/s1. The van der Waals surface area contributed by atoms with Crippen molar-refractivity contribution in [1.82, 2.24) is 31.9 Å². The minimum absolute atomic E-state index is 0.0609. The number of fused-ring (bicyclic) bond motifs is 1. The van der Waals surface area contributed by atoms with Gasteiger partial charge in [0.1, 0.15) is 6.04 Å². The van der Waals surface area contributed by atoms with Crippen LogP contribution in [0.3, 0.4) is 0 Å². The molecule has 14 nitrogen and oxygen atoms in total. The van der Waals surface area contributed by atoms with Crippen molar-refractivity contribution >= 4 is 47.4 Å². The summed E-state index contributed by atoms with van der Waals surface area (Å²) in [5, 5.41) is 25.3. The Morgan fingerprint density at radius 2 is 1.68 bits per heavy atom. The summed E-state index contributed by atoms with van der Waals surface area (Å²) >= 11 is 1.85. The number of hydrogen-bond donors (Lipinski definition) is 8. The van der Waals surface area contributed by atoms with E-state index in [2.05, 4.69) is 31.9 Å². The minimum Gasteiger partial charge on any atom is -0.480 e. The Bertz CT molecular complexity index is 844. The van der Waals surface area contributed by atoms with Crippen molar-refractivity contribution in [3.8, 4) is 0 Å². The summed E-state index contributed by atoms with van der Waals surface area (Å²) in [6.07, 6.45) is 4.19.